The van der Waals surface area contributed by atoms with Crippen LogP contribution >= 0.6 is 11.3 Å². The van der Waals surface area contributed by atoms with Crippen LogP contribution in [0, 0.1) is 0 Å². The molecule has 0 unspecified atom stereocenters. The summed E-state index contributed by atoms with van der Waals surface area (Å²) in [6.45, 7) is 1.12. The lowest BCUT2D eigenvalue weighted by Crippen LogP contribution is -2.15. The molecule has 3 heterocycles. The maximum atomic E-state index is 5.95. The number of anilines is 1. The van der Waals surface area contributed by atoms with Gasteiger partial charge in [-0.25, -0.2) is 0 Å². The van der Waals surface area contributed by atoms with Gasteiger partial charge in [0.1, 0.15) is 13.2 Å². The number of hydrogen-bond acceptors (Lipinski definition) is 6. The second-order valence-corrected chi connectivity index (χ2v) is 5.56. The minimum Gasteiger partial charge on any atom is -0.486 e. The van der Waals surface area contributed by atoms with E-state index in [-0.39, 0.29) is 0 Å². The highest BCUT2D eigenvalue weighted by atomic mass is 32.1. The number of nitrogens with two attached hydrogens (primary N) is 1. The molecular weight excluding hydrogens is 288 g/mol. The van der Waals surface area contributed by atoms with Crippen molar-refractivity contribution in [2.45, 2.75) is 0 Å². The Morgan fingerprint density at radius 1 is 1.10 bits per heavy atom. The average molecular weight is 300 g/mol. The van der Waals surface area contributed by atoms with Gasteiger partial charge in [0, 0.05) is 10.4 Å². The van der Waals surface area contributed by atoms with Gasteiger partial charge in [-0.05, 0) is 29.6 Å². The molecule has 2 N–H and O–H groups in total. The predicted octanol–water partition coefficient (Wildman–Crippen LogP) is 3.42. The van der Waals surface area contributed by atoms with Crippen molar-refractivity contribution < 1.29 is 14.0 Å². The van der Waals surface area contributed by atoms with E-state index in [1.807, 2.05) is 35.7 Å². The van der Waals surface area contributed by atoms with Gasteiger partial charge >= 0.3 is 0 Å². The van der Waals surface area contributed by atoms with E-state index in [0.717, 1.165) is 21.8 Å². The zero-order valence-corrected chi connectivity index (χ0v) is 11.9. The van der Waals surface area contributed by atoms with E-state index in [1.165, 1.54) is 0 Å². The standard InChI is InChI=1S/C15H12N2O3S/c16-15-13(12-2-1-7-21-12)14(20-17-15)9-3-4-10-11(8-9)19-6-5-18-10/h1-4,7-8H,5-6H2,(H2,16,17). The Morgan fingerprint density at radius 3 is 2.76 bits per heavy atom. The average Bonchev–Trinajstić information content (AvgIpc) is 3.15. The molecule has 0 fully saturated rings. The topological polar surface area (TPSA) is 70.5 Å². The Balaban J connectivity index is 1.84. The Hall–Kier alpha value is -2.47. The second kappa shape index (κ2) is 4.82. The van der Waals surface area contributed by atoms with Gasteiger partial charge in [0.2, 0.25) is 0 Å². The fraction of sp³-hybridized carbons (Fsp3) is 0.133. The fourth-order valence-electron chi connectivity index (χ4n) is 2.34. The largest absolute Gasteiger partial charge is 0.486 e. The van der Waals surface area contributed by atoms with Gasteiger partial charge in [-0.2, -0.15) is 0 Å². The molecule has 0 saturated heterocycles. The summed E-state index contributed by atoms with van der Waals surface area (Å²) in [7, 11) is 0. The maximum Gasteiger partial charge on any atom is 0.177 e. The number of benzene rings is 1. The summed E-state index contributed by atoms with van der Waals surface area (Å²) in [5.74, 6) is 2.50. The van der Waals surface area contributed by atoms with Crippen molar-refractivity contribution in [1.82, 2.24) is 5.16 Å². The summed E-state index contributed by atoms with van der Waals surface area (Å²) in [5, 5.41) is 5.89. The number of nitrogens with zero attached hydrogens (tertiary/aromatic N) is 1. The molecule has 2 aromatic heterocycles. The number of aromatic nitrogens is 1. The molecular formula is C15H12N2O3S. The molecule has 5 nitrogen and oxygen atoms in total. The third kappa shape index (κ3) is 2.04. The first-order chi connectivity index (χ1) is 10.3. The van der Waals surface area contributed by atoms with Crippen LogP contribution in [0.3, 0.4) is 0 Å². The molecule has 6 heteroatoms. The summed E-state index contributed by atoms with van der Waals surface area (Å²) in [5.41, 5.74) is 7.64. The first-order valence-electron chi connectivity index (χ1n) is 6.52. The third-order valence-corrected chi connectivity index (χ3v) is 4.18. The zero-order chi connectivity index (χ0) is 14.2. The number of fused-ring (bicyclic) bond motifs is 1. The number of thiophene rings is 1. The van der Waals surface area contributed by atoms with Crippen LogP contribution in [0.25, 0.3) is 21.8 Å². The van der Waals surface area contributed by atoms with Gasteiger partial charge < -0.3 is 19.7 Å². The maximum absolute atomic E-state index is 5.95. The number of ether oxygens (including phenoxy) is 2. The van der Waals surface area contributed by atoms with E-state index >= 15 is 0 Å². The molecule has 0 saturated carbocycles. The molecule has 0 spiro atoms. The molecule has 0 aliphatic carbocycles. The lowest BCUT2D eigenvalue weighted by atomic mass is 10.1. The highest BCUT2D eigenvalue weighted by molar-refractivity contribution is 7.13. The number of hydrogen-bond donors (Lipinski definition) is 1. The molecule has 0 radical (unpaired) electrons. The molecule has 0 amide bonds. The van der Waals surface area contributed by atoms with Crippen molar-refractivity contribution in [2.24, 2.45) is 0 Å². The highest BCUT2D eigenvalue weighted by Gasteiger charge is 2.20. The summed E-state index contributed by atoms with van der Waals surface area (Å²) in [6, 6.07) is 9.66. The van der Waals surface area contributed by atoms with E-state index in [4.69, 9.17) is 19.7 Å². The van der Waals surface area contributed by atoms with Crippen molar-refractivity contribution in [2.75, 3.05) is 18.9 Å². The van der Waals surface area contributed by atoms with Gasteiger partial charge in [-0.3, -0.25) is 0 Å². The molecule has 0 atom stereocenters. The summed E-state index contributed by atoms with van der Waals surface area (Å²) < 4.78 is 16.6. The SMILES string of the molecule is Nc1noc(-c2ccc3c(c2)OCCO3)c1-c1cccs1. The first kappa shape index (κ1) is 12.3. The normalized spacial score (nSPS) is 13.3. The number of nitrogen functional groups attached to an aromatic ring is 1. The molecule has 106 valence electrons. The molecule has 21 heavy (non-hydrogen) atoms. The highest BCUT2D eigenvalue weighted by Crippen LogP contribution is 2.41. The quantitative estimate of drug-likeness (QED) is 0.785. The zero-order valence-electron chi connectivity index (χ0n) is 11.0. The summed E-state index contributed by atoms with van der Waals surface area (Å²) >= 11 is 1.60. The second-order valence-electron chi connectivity index (χ2n) is 4.61. The Bertz CT molecular complexity index is 780. The van der Waals surface area contributed by atoms with Crippen LogP contribution in [0.4, 0.5) is 5.82 Å². The van der Waals surface area contributed by atoms with E-state index in [9.17, 15) is 0 Å². The van der Waals surface area contributed by atoms with Gasteiger partial charge in [-0.15, -0.1) is 11.3 Å². The molecule has 3 aromatic rings. The molecule has 0 bridgehead atoms. The predicted molar refractivity (Wildman–Crippen MR) is 80.7 cm³/mol. The van der Waals surface area contributed by atoms with Crippen LogP contribution < -0.4 is 15.2 Å². The Morgan fingerprint density at radius 2 is 1.95 bits per heavy atom. The van der Waals surface area contributed by atoms with Crippen molar-refractivity contribution in [3.63, 3.8) is 0 Å². The Kier molecular flexibility index (Phi) is 2.82. The molecule has 4 rings (SSSR count). The van der Waals surface area contributed by atoms with E-state index in [1.54, 1.807) is 11.3 Å². The van der Waals surface area contributed by atoms with Crippen LogP contribution in [-0.2, 0) is 0 Å². The lowest BCUT2D eigenvalue weighted by Gasteiger charge is -2.18. The van der Waals surface area contributed by atoms with Crippen molar-refractivity contribution in [3.8, 4) is 33.3 Å². The lowest BCUT2D eigenvalue weighted by molar-refractivity contribution is 0.171. The van der Waals surface area contributed by atoms with Gasteiger partial charge in [-0.1, -0.05) is 11.2 Å². The molecule has 1 aromatic carbocycles. The smallest absolute Gasteiger partial charge is 0.177 e. The van der Waals surface area contributed by atoms with Crippen molar-refractivity contribution in [1.29, 1.82) is 0 Å². The third-order valence-electron chi connectivity index (χ3n) is 3.29. The minimum atomic E-state index is 0.391. The first-order valence-corrected chi connectivity index (χ1v) is 7.40. The van der Waals surface area contributed by atoms with Crippen LogP contribution in [0.5, 0.6) is 11.5 Å². The van der Waals surface area contributed by atoms with Gasteiger partial charge in [0.05, 0.1) is 5.56 Å². The summed E-state index contributed by atoms with van der Waals surface area (Å²) in [6.07, 6.45) is 0. The van der Waals surface area contributed by atoms with Gasteiger partial charge in [0.15, 0.2) is 23.1 Å². The van der Waals surface area contributed by atoms with E-state index in [0.29, 0.717) is 30.5 Å². The monoisotopic (exact) mass is 300 g/mol. The molecule has 1 aliphatic heterocycles. The van der Waals surface area contributed by atoms with Gasteiger partial charge in [0.25, 0.3) is 0 Å². The van der Waals surface area contributed by atoms with Crippen LogP contribution in [-0.4, -0.2) is 18.4 Å². The van der Waals surface area contributed by atoms with E-state index in [2.05, 4.69) is 5.16 Å². The van der Waals surface area contributed by atoms with Crippen molar-refractivity contribution >= 4 is 17.2 Å². The fourth-order valence-corrected chi connectivity index (χ4v) is 3.12. The minimum absolute atomic E-state index is 0.391. The number of rotatable bonds is 2. The van der Waals surface area contributed by atoms with E-state index < -0.39 is 0 Å². The van der Waals surface area contributed by atoms with Crippen LogP contribution in [0.15, 0.2) is 40.2 Å². The summed E-state index contributed by atoms with van der Waals surface area (Å²) in [4.78, 5) is 1.03. The van der Waals surface area contributed by atoms with Crippen molar-refractivity contribution in [3.05, 3.63) is 35.7 Å². The molecule has 1 aliphatic rings. The van der Waals surface area contributed by atoms with Crippen LogP contribution in [0.1, 0.15) is 0 Å². The Labute approximate surface area is 124 Å². The van der Waals surface area contributed by atoms with Crippen LogP contribution in [0.2, 0.25) is 0 Å².